The van der Waals surface area contributed by atoms with Crippen molar-refractivity contribution in [3.05, 3.63) is 87.9 Å². The van der Waals surface area contributed by atoms with E-state index in [9.17, 15) is 18.0 Å². The fourth-order valence-corrected chi connectivity index (χ4v) is 7.25. The van der Waals surface area contributed by atoms with Gasteiger partial charge in [-0.3, -0.25) is 13.9 Å². The minimum absolute atomic E-state index is 0.0182. The number of benzene rings is 3. The fourth-order valence-electron chi connectivity index (χ4n) is 5.35. The molecule has 3 aromatic rings. The summed E-state index contributed by atoms with van der Waals surface area (Å²) in [6, 6.07) is 17.2. The normalized spacial score (nSPS) is 14.3. The van der Waals surface area contributed by atoms with E-state index >= 15 is 0 Å². The Hall–Kier alpha value is -3.27. The average molecular weight is 647 g/mol. The zero-order valence-electron chi connectivity index (χ0n) is 24.6. The van der Waals surface area contributed by atoms with Crippen molar-refractivity contribution in [2.24, 2.45) is 0 Å². The largest absolute Gasteiger partial charge is 0.495 e. The molecule has 2 amide bonds. The number of methoxy groups -OCH3 is 1. The molecule has 0 spiro atoms. The molecular formula is C32H37Cl2N3O5S. The highest BCUT2D eigenvalue weighted by molar-refractivity contribution is 7.92. The van der Waals surface area contributed by atoms with Gasteiger partial charge in [-0.2, -0.15) is 0 Å². The molecule has 0 aromatic heterocycles. The number of carbonyl (C=O) groups is 2. The number of nitrogens with zero attached hydrogens (tertiary/aromatic N) is 2. The Bertz CT molecular complexity index is 1550. The maximum atomic E-state index is 14.3. The van der Waals surface area contributed by atoms with Crippen LogP contribution in [0.25, 0.3) is 0 Å². The summed E-state index contributed by atoms with van der Waals surface area (Å²) in [6.45, 7) is 3.06. The number of sulfonamides is 1. The molecule has 0 bridgehead atoms. The van der Waals surface area contributed by atoms with E-state index in [1.807, 2.05) is 13.8 Å². The number of amides is 2. The van der Waals surface area contributed by atoms with E-state index in [-0.39, 0.29) is 34.8 Å². The van der Waals surface area contributed by atoms with Crippen LogP contribution < -0.4 is 14.4 Å². The Morgan fingerprint density at radius 2 is 1.72 bits per heavy atom. The van der Waals surface area contributed by atoms with Crippen molar-refractivity contribution < 1.29 is 22.7 Å². The Morgan fingerprint density at radius 1 is 1.02 bits per heavy atom. The van der Waals surface area contributed by atoms with Crippen molar-refractivity contribution in [1.82, 2.24) is 10.2 Å². The van der Waals surface area contributed by atoms with E-state index in [1.54, 1.807) is 54.6 Å². The van der Waals surface area contributed by atoms with Crippen molar-refractivity contribution >= 4 is 50.7 Å². The van der Waals surface area contributed by atoms with Crippen LogP contribution in [0.3, 0.4) is 0 Å². The van der Waals surface area contributed by atoms with Crippen molar-refractivity contribution in [3.8, 4) is 5.75 Å². The van der Waals surface area contributed by atoms with Crippen molar-refractivity contribution in [3.63, 3.8) is 0 Å². The number of carbonyl (C=O) groups excluding carboxylic acids is 2. The maximum absolute atomic E-state index is 14.3. The molecule has 1 atom stereocenters. The highest BCUT2D eigenvalue weighted by atomic mass is 35.5. The molecule has 1 aliphatic carbocycles. The van der Waals surface area contributed by atoms with Crippen LogP contribution in [0.4, 0.5) is 5.69 Å². The van der Waals surface area contributed by atoms with Crippen LogP contribution in [0, 0.1) is 6.92 Å². The van der Waals surface area contributed by atoms with Gasteiger partial charge >= 0.3 is 0 Å². The average Bonchev–Trinajstić information content (AvgIpc) is 3.50. The Morgan fingerprint density at radius 3 is 2.35 bits per heavy atom. The molecule has 0 radical (unpaired) electrons. The molecule has 43 heavy (non-hydrogen) atoms. The lowest BCUT2D eigenvalue weighted by molar-refractivity contribution is -0.140. The fraction of sp³-hybridized carbons (Fsp3) is 0.375. The topological polar surface area (TPSA) is 96.0 Å². The lowest BCUT2D eigenvalue weighted by Gasteiger charge is -2.34. The minimum Gasteiger partial charge on any atom is -0.495 e. The zero-order valence-corrected chi connectivity index (χ0v) is 26.9. The molecule has 11 heteroatoms. The molecule has 0 unspecified atom stereocenters. The van der Waals surface area contributed by atoms with Gasteiger partial charge in [0.1, 0.15) is 18.3 Å². The maximum Gasteiger partial charge on any atom is 0.264 e. The number of anilines is 1. The molecule has 1 saturated carbocycles. The van der Waals surface area contributed by atoms with E-state index < -0.39 is 28.5 Å². The third kappa shape index (κ3) is 7.82. The van der Waals surface area contributed by atoms with Gasteiger partial charge < -0.3 is 15.0 Å². The van der Waals surface area contributed by atoms with Crippen LogP contribution in [0.5, 0.6) is 5.75 Å². The van der Waals surface area contributed by atoms with Gasteiger partial charge in [-0.1, -0.05) is 73.3 Å². The molecule has 3 aromatic carbocycles. The van der Waals surface area contributed by atoms with Crippen molar-refractivity contribution in [2.45, 2.75) is 69.5 Å². The van der Waals surface area contributed by atoms with E-state index in [1.165, 1.54) is 24.1 Å². The van der Waals surface area contributed by atoms with Gasteiger partial charge in [-0.25, -0.2) is 8.42 Å². The third-order valence-electron chi connectivity index (χ3n) is 7.66. The number of aryl methyl sites for hydroxylation is 1. The van der Waals surface area contributed by atoms with Crippen molar-refractivity contribution in [1.29, 1.82) is 0 Å². The third-order valence-corrected chi connectivity index (χ3v) is 10.0. The molecule has 0 aliphatic heterocycles. The molecule has 1 aliphatic rings. The standard InChI is InChI=1S/C32H37Cl2N3O5S/c1-4-28(32(39)35-25-10-8-9-11-25)36(20-23-15-16-24(33)19-27(23)34)31(38)21-37(29-18-22(2)14-17-30(29)42-3)43(40,41)26-12-6-5-7-13-26/h5-7,12-19,25,28H,4,8-11,20-21H2,1-3H3,(H,35,39)/t28-/m0/s1. The lowest BCUT2D eigenvalue weighted by Crippen LogP contribution is -2.53. The van der Waals surface area contributed by atoms with Crippen LogP contribution in [-0.4, -0.2) is 50.9 Å². The minimum atomic E-state index is -4.23. The summed E-state index contributed by atoms with van der Waals surface area (Å²) in [6.07, 6.45) is 4.16. The smallest absolute Gasteiger partial charge is 0.264 e. The molecule has 8 nitrogen and oxygen atoms in total. The van der Waals surface area contributed by atoms with E-state index in [4.69, 9.17) is 27.9 Å². The van der Waals surface area contributed by atoms with Gasteiger partial charge in [-0.15, -0.1) is 0 Å². The highest BCUT2D eigenvalue weighted by Crippen LogP contribution is 2.34. The van der Waals surface area contributed by atoms with E-state index in [2.05, 4.69) is 5.32 Å². The molecule has 0 heterocycles. The molecular weight excluding hydrogens is 609 g/mol. The van der Waals surface area contributed by atoms with Gasteiger partial charge in [-0.05, 0) is 73.7 Å². The zero-order chi connectivity index (χ0) is 31.1. The van der Waals surface area contributed by atoms with E-state index in [0.717, 1.165) is 35.6 Å². The number of hydrogen-bond acceptors (Lipinski definition) is 5. The van der Waals surface area contributed by atoms with Gasteiger partial charge in [0.05, 0.1) is 17.7 Å². The summed E-state index contributed by atoms with van der Waals surface area (Å²) in [7, 11) is -2.79. The number of rotatable bonds is 12. The summed E-state index contributed by atoms with van der Waals surface area (Å²) in [5.74, 6) is -0.558. The summed E-state index contributed by atoms with van der Waals surface area (Å²) >= 11 is 12.6. The van der Waals surface area contributed by atoms with Gasteiger partial charge in [0.25, 0.3) is 10.0 Å². The first-order valence-electron chi connectivity index (χ1n) is 14.3. The monoisotopic (exact) mass is 645 g/mol. The van der Waals surface area contributed by atoms with Crippen LogP contribution >= 0.6 is 23.2 Å². The summed E-state index contributed by atoms with van der Waals surface area (Å²) < 4.78 is 34.8. The lowest BCUT2D eigenvalue weighted by atomic mass is 10.1. The molecule has 4 rings (SSSR count). The SMILES string of the molecule is CC[C@@H](C(=O)NC1CCCC1)N(Cc1ccc(Cl)cc1Cl)C(=O)CN(c1cc(C)ccc1OC)S(=O)(=O)c1ccccc1. The second-order valence-electron chi connectivity index (χ2n) is 10.7. The van der Waals surface area contributed by atoms with Crippen LogP contribution in [0.1, 0.15) is 50.2 Å². The number of halogens is 2. The highest BCUT2D eigenvalue weighted by Gasteiger charge is 2.35. The summed E-state index contributed by atoms with van der Waals surface area (Å²) in [4.78, 5) is 29.4. The molecule has 230 valence electrons. The predicted octanol–water partition coefficient (Wildman–Crippen LogP) is 6.37. The Kier molecular flexibility index (Phi) is 11.0. The van der Waals surface area contributed by atoms with Crippen LogP contribution in [0.2, 0.25) is 10.0 Å². The van der Waals surface area contributed by atoms with Gasteiger partial charge in [0, 0.05) is 22.6 Å². The summed E-state index contributed by atoms with van der Waals surface area (Å²) in [5.41, 5.74) is 1.58. The second kappa shape index (κ2) is 14.5. The van der Waals surface area contributed by atoms with Crippen molar-refractivity contribution in [2.75, 3.05) is 18.0 Å². The van der Waals surface area contributed by atoms with E-state index in [0.29, 0.717) is 22.0 Å². The van der Waals surface area contributed by atoms with Gasteiger partial charge in [0.15, 0.2) is 0 Å². The van der Waals surface area contributed by atoms with Gasteiger partial charge in [0.2, 0.25) is 11.8 Å². The Labute approximate surface area is 264 Å². The summed E-state index contributed by atoms with van der Waals surface area (Å²) in [5, 5.41) is 3.88. The first-order valence-corrected chi connectivity index (χ1v) is 16.5. The molecule has 1 fully saturated rings. The molecule has 1 N–H and O–H groups in total. The first kappa shape index (κ1) is 32.6. The quantitative estimate of drug-likeness (QED) is 0.247. The van der Waals surface area contributed by atoms with Crippen LogP contribution in [0.15, 0.2) is 71.6 Å². The van der Waals surface area contributed by atoms with Crippen LogP contribution in [-0.2, 0) is 26.2 Å². The second-order valence-corrected chi connectivity index (χ2v) is 13.4. The molecule has 0 saturated heterocycles. The Balaban J connectivity index is 1.78. The number of ether oxygens (including phenoxy) is 1. The number of hydrogen-bond donors (Lipinski definition) is 1. The number of nitrogens with one attached hydrogen (secondary N) is 1. The predicted molar refractivity (Wildman–Crippen MR) is 170 cm³/mol. The first-order chi connectivity index (χ1) is 20.5.